The maximum Gasteiger partial charge on any atom is 0.159 e. The van der Waals surface area contributed by atoms with Crippen molar-refractivity contribution in [3.8, 4) is 17.5 Å². The molecule has 0 atom stereocenters. The van der Waals surface area contributed by atoms with Crippen LogP contribution in [0, 0.1) is 11.3 Å². The summed E-state index contributed by atoms with van der Waals surface area (Å²) < 4.78 is 0. The highest BCUT2D eigenvalue weighted by atomic mass is 14.9. The van der Waals surface area contributed by atoms with Crippen molar-refractivity contribution in [2.45, 2.75) is 64.7 Å². The molecule has 0 N–H and O–H groups in total. The van der Waals surface area contributed by atoms with Crippen molar-refractivity contribution < 1.29 is 0 Å². The van der Waals surface area contributed by atoms with E-state index in [2.05, 4.69) is 23.0 Å². The predicted molar refractivity (Wildman–Crippen MR) is 98.5 cm³/mol. The number of benzene rings is 1. The molecule has 1 heterocycles. The van der Waals surface area contributed by atoms with Gasteiger partial charge < -0.3 is 0 Å². The van der Waals surface area contributed by atoms with Gasteiger partial charge in [0, 0.05) is 18.0 Å². The molecule has 0 saturated carbocycles. The van der Waals surface area contributed by atoms with Crippen LogP contribution in [0.5, 0.6) is 0 Å². The molecule has 1 aromatic heterocycles. The number of rotatable bonds is 10. The summed E-state index contributed by atoms with van der Waals surface area (Å²) in [7, 11) is 0. The van der Waals surface area contributed by atoms with E-state index in [1.807, 2.05) is 24.5 Å². The summed E-state index contributed by atoms with van der Waals surface area (Å²) in [5.41, 5.74) is 2.82. The van der Waals surface area contributed by atoms with Crippen LogP contribution < -0.4 is 0 Å². The molecular weight excluding hydrogens is 294 g/mol. The van der Waals surface area contributed by atoms with Crippen LogP contribution in [0.2, 0.25) is 0 Å². The molecule has 0 radical (unpaired) electrons. The molecular formula is C21H27N3. The highest BCUT2D eigenvalue weighted by Gasteiger charge is 2.02. The first-order valence-electron chi connectivity index (χ1n) is 9.15. The van der Waals surface area contributed by atoms with E-state index in [0.29, 0.717) is 5.56 Å². The lowest BCUT2D eigenvalue weighted by atomic mass is 10.1. The van der Waals surface area contributed by atoms with Gasteiger partial charge in [-0.15, -0.1) is 0 Å². The maximum absolute atomic E-state index is 8.83. The Morgan fingerprint density at radius 2 is 1.42 bits per heavy atom. The first-order valence-corrected chi connectivity index (χ1v) is 9.15. The lowest BCUT2D eigenvalue weighted by Crippen LogP contribution is -1.93. The fourth-order valence-electron chi connectivity index (χ4n) is 2.79. The van der Waals surface area contributed by atoms with Crippen molar-refractivity contribution in [3.05, 3.63) is 47.8 Å². The maximum atomic E-state index is 8.83. The van der Waals surface area contributed by atoms with E-state index >= 15 is 0 Å². The Hall–Kier alpha value is -2.21. The zero-order valence-electron chi connectivity index (χ0n) is 14.7. The van der Waals surface area contributed by atoms with E-state index in [1.165, 1.54) is 56.9 Å². The third kappa shape index (κ3) is 6.12. The van der Waals surface area contributed by atoms with Crippen LogP contribution in [0.15, 0.2) is 36.7 Å². The van der Waals surface area contributed by atoms with Crippen molar-refractivity contribution in [1.82, 2.24) is 9.97 Å². The van der Waals surface area contributed by atoms with E-state index in [9.17, 15) is 0 Å². The Morgan fingerprint density at radius 1 is 0.833 bits per heavy atom. The number of unbranched alkanes of at least 4 members (excludes halogenated alkanes) is 7. The van der Waals surface area contributed by atoms with Crippen molar-refractivity contribution in [2.24, 2.45) is 0 Å². The van der Waals surface area contributed by atoms with Crippen LogP contribution in [-0.4, -0.2) is 9.97 Å². The summed E-state index contributed by atoms with van der Waals surface area (Å²) in [6.45, 7) is 2.26. The van der Waals surface area contributed by atoms with Crippen LogP contribution >= 0.6 is 0 Å². The molecule has 24 heavy (non-hydrogen) atoms. The predicted octanol–water partition coefficient (Wildman–Crippen LogP) is 5.70. The Balaban J connectivity index is 1.71. The molecule has 0 aliphatic rings. The Morgan fingerprint density at radius 3 is 2.00 bits per heavy atom. The minimum atomic E-state index is 0.657. The van der Waals surface area contributed by atoms with Crippen molar-refractivity contribution in [2.75, 3.05) is 0 Å². The second-order valence-electron chi connectivity index (χ2n) is 6.33. The highest BCUT2D eigenvalue weighted by Crippen LogP contribution is 2.16. The minimum Gasteiger partial charge on any atom is -0.236 e. The highest BCUT2D eigenvalue weighted by molar-refractivity contribution is 5.56. The zero-order valence-corrected chi connectivity index (χ0v) is 14.7. The third-order valence-electron chi connectivity index (χ3n) is 4.30. The molecule has 0 amide bonds. The molecule has 0 unspecified atom stereocenters. The largest absolute Gasteiger partial charge is 0.236 e. The molecule has 2 rings (SSSR count). The monoisotopic (exact) mass is 321 g/mol. The van der Waals surface area contributed by atoms with E-state index < -0.39 is 0 Å². The second kappa shape index (κ2) is 10.5. The molecule has 0 spiro atoms. The van der Waals surface area contributed by atoms with Crippen molar-refractivity contribution >= 4 is 0 Å². The summed E-state index contributed by atoms with van der Waals surface area (Å²) >= 11 is 0. The van der Waals surface area contributed by atoms with Gasteiger partial charge in [0.25, 0.3) is 0 Å². The van der Waals surface area contributed by atoms with Crippen LogP contribution in [0.3, 0.4) is 0 Å². The van der Waals surface area contributed by atoms with Crippen molar-refractivity contribution in [1.29, 1.82) is 5.26 Å². The van der Waals surface area contributed by atoms with E-state index in [4.69, 9.17) is 5.26 Å². The zero-order chi connectivity index (χ0) is 17.0. The summed E-state index contributed by atoms with van der Waals surface area (Å²) in [6.07, 6.45) is 15.6. The van der Waals surface area contributed by atoms with Crippen LogP contribution in [0.4, 0.5) is 0 Å². The first-order chi connectivity index (χ1) is 11.8. The van der Waals surface area contributed by atoms with Crippen molar-refractivity contribution in [3.63, 3.8) is 0 Å². The average molecular weight is 321 g/mol. The third-order valence-corrected chi connectivity index (χ3v) is 4.30. The van der Waals surface area contributed by atoms with Gasteiger partial charge in [-0.05, 0) is 42.7 Å². The lowest BCUT2D eigenvalue weighted by molar-refractivity contribution is 0.575. The molecule has 0 aliphatic carbocycles. The van der Waals surface area contributed by atoms with E-state index in [0.717, 1.165) is 17.8 Å². The smallest absolute Gasteiger partial charge is 0.159 e. The van der Waals surface area contributed by atoms with Gasteiger partial charge in [0.2, 0.25) is 0 Å². The number of hydrogen-bond acceptors (Lipinski definition) is 3. The van der Waals surface area contributed by atoms with Gasteiger partial charge in [-0.25, -0.2) is 9.97 Å². The fourth-order valence-corrected chi connectivity index (χ4v) is 2.79. The molecule has 3 nitrogen and oxygen atoms in total. The topological polar surface area (TPSA) is 49.6 Å². The van der Waals surface area contributed by atoms with Gasteiger partial charge in [0.05, 0.1) is 11.6 Å². The first kappa shape index (κ1) is 18.1. The van der Waals surface area contributed by atoms with Gasteiger partial charge in [-0.2, -0.15) is 5.26 Å². The molecule has 0 fully saturated rings. The van der Waals surface area contributed by atoms with Gasteiger partial charge in [-0.1, -0.05) is 51.9 Å². The number of nitrogens with zero attached hydrogens (tertiary/aromatic N) is 3. The number of nitriles is 1. The Labute approximate surface area is 145 Å². The molecule has 126 valence electrons. The normalized spacial score (nSPS) is 10.5. The SMILES string of the molecule is CCCCCCCCCCc1cnc(-c2ccc(C#N)cc2)nc1. The van der Waals surface area contributed by atoms with Crippen LogP contribution in [-0.2, 0) is 6.42 Å². The summed E-state index contributed by atoms with van der Waals surface area (Å²) in [6, 6.07) is 9.51. The fraction of sp³-hybridized carbons (Fsp3) is 0.476. The number of aryl methyl sites for hydroxylation is 1. The van der Waals surface area contributed by atoms with Gasteiger partial charge in [-0.3, -0.25) is 0 Å². The summed E-state index contributed by atoms with van der Waals surface area (Å²) in [5.74, 6) is 0.721. The van der Waals surface area contributed by atoms with E-state index in [1.54, 1.807) is 12.1 Å². The summed E-state index contributed by atoms with van der Waals surface area (Å²) in [5, 5.41) is 8.83. The Bertz CT molecular complexity index is 624. The molecule has 1 aromatic carbocycles. The minimum absolute atomic E-state index is 0.657. The summed E-state index contributed by atoms with van der Waals surface area (Å²) in [4.78, 5) is 8.92. The molecule has 3 heteroatoms. The Kier molecular flexibility index (Phi) is 7.97. The molecule has 0 saturated heterocycles. The van der Waals surface area contributed by atoms with Crippen LogP contribution in [0.1, 0.15) is 69.4 Å². The van der Waals surface area contributed by atoms with Gasteiger partial charge in [0.15, 0.2) is 5.82 Å². The second-order valence-corrected chi connectivity index (χ2v) is 6.33. The number of hydrogen-bond donors (Lipinski definition) is 0. The molecule has 0 bridgehead atoms. The standard InChI is InChI=1S/C21H27N3/c1-2-3-4-5-6-7-8-9-10-19-16-23-21(24-17-19)20-13-11-18(15-22)12-14-20/h11-14,16-17H,2-10H2,1H3. The van der Waals surface area contributed by atoms with Gasteiger partial charge >= 0.3 is 0 Å². The quantitative estimate of drug-likeness (QED) is 0.527. The lowest BCUT2D eigenvalue weighted by Gasteiger charge is -2.04. The average Bonchev–Trinajstić information content (AvgIpc) is 2.64. The molecule has 2 aromatic rings. The van der Waals surface area contributed by atoms with E-state index in [-0.39, 0.29) is 0 Å². The molecule has 0 aliphatic heterocycles. The van der Waals surface area contributed by atoms with Crippen LogP contribution in [0.25, 0.3) is 11.4 Å². The number of aromatic nitrogens is 2. The van der Waals surface area contributed by atoms with Gasteiger partial charge in [0.1, 0.15) is 0 Å².